The number of halogens is 2. The van der Waals surface area contributed by atoms with E-state index >= 15 is 0 Å². The lowest BCUT2D eigenvalue weighted by Crippen LogP contribution is -2.01. The van der Waals surface area contributed by atoms with Gasteiger partial charge in [0.2, 0.25) is 0 Å². The average molecular weight is 271 g/mol. The molecule has 0 amide bonds. The number of carbonyl (C=O) groups excluding carboxylic acids is 1. The van der Waals surface area contributed by atoms with E-state index < -0.39 is 5.82 Å². The van der Waals surface area contributed by atoms with E-state index in [1.54, 1.807) is 6.20 Å². The summed E-state index contributed by atoms with van der Waals surface area (Å²) in [5, 5.41) is 3.03. The van der Waals surface area contributed by atoms with Crippen molar-refractivity contribution < 1.29 is 9.18 Å². The van der Waals surface area contributed by atoms with Gasteiger partial charge in [0.1, 0.15) is 5.82 Å². The summed E-state index contributed by atoms with van der Waals surface area (Å²) in [7, 11) is 0. The van der Waals surface area contributed by atoms with E-state index in [1.807, 2.05) is 0 Å². The van der Waals surface area contributed by atoms with Gasteiger partial charge < -0.3 is 5.32 Å². The molecular weight excluding hydrogens is 263 g/mol. The maximum atomic E-state index is 12.9. The highest BCUT2D eigenvalue weighted by Gasteiger charge is 2.04. The molecule has 0 unspecified atom stereocenters. The second-order valence-electron chi connectivity index (χ2n) is 3.28. The summed E-state index contributed by atoms with van der Waals surface area (Å²) in [6, 6.07) is 4.02. The number of thiazole rings is 1. The summed E-state index contributed by atoms with van der Waals surface area (Å²) in [6.45, 7) is 0.497. The summed E-state index contributed by atoms with van der Waals surface area (Å²) in [5.41, 5.74) is 0.881. The molecule has 0 saturated carbocycles. The van der Waals surface area contributed by atoms with E-state index in [-0.39, 0.29) is 0 Å². The Morgan fingerprint density at radius 3 is 3.00 bits per heavy atom. The molecule has 0 bridgehead atoms. The minimum absolute atomic E-state index is 0.292. The molecule has 0 saturated heterocycles. The van der Waals surface area contributed by atoms with Crippen LogP contribution >= 0.6 is 22.9 Å². The molecule has 0 aliphatic carbocycles. The van der Waals surface area contributed by atoms with Gasteiger partial charge in [-0.25, -0.2) is 9.37 Å². The van der Waals surface area contributed by atoms with Gasteiger partial charge in [-0.1, -0.05) is 11.6 Å². The maximum Gasteiger partial charge on any atom is 0.183 e. The zero-order chi connectivity index (χ0) is 12.3. The van der Waals surface area contributed by atoms with Crippen molar-refractivity contribution in [2.75, 3.05) is 5.32 Å². The van der Waals surface area contributed by atoms with Crippen molar-refractivity contribution in [3.05, 3.63) is 45.1 Å². The molecule has 0 radical (unpaired) electrons. The van der Waals surface area contributed by atoms with E-state index in [0.717, 1.165) is 4.88 Å². The zero-order valence-electron chi connectivity index (χ0n) is 8.61. The Labute approximate surface area is 106 Å². The van der Waals surface area contributed by atoms with Crippen LogP contribution < -0.4 is 5.32 Å². The van der Waals surface area contributed by atoms with Crippen LogP contribution in [-0.4, -0.2) is 11.3 Å². The fraction of sp³-hybridized carbons (Fsp3) is 0.0909. The first-order valence-electron chi connectivity index (χ1n) is 4.78. The fourth-order valence-electron chi connectivity index (χ4n) is 1.34. The van der Waals surface area contributed by atoms with E-state index in [2.05, 4.69) is 10.3 Å². The molecule has 3 nitrogen and oxygen atoms in total. The third-order valence-electron chi connectivity index (χ3n) is 2.12. The van der Waals surface area contributed by atoms with Gasteiger partial charge in [-0.15, -0.1) is 11.3 Å². The molecule has 1 aromatic carbocycles. The molecule has 0 aliphatic heterocycles. The number of benzene rings is 1. The first kappa shape index (κ1) is 12.0. The monoisotopic (exact) mass is 270 g/mol. The first-order valence-corrected chi connectivity index (χ1v) is 5.97. The number of rotatable bonds is 4. The molecule has 1 aromatic heterocycles. The van der Waals surface area contributed by atoms with Crippen LogP contribution in [0.4, 0.5) is 10.1 Å². The molecule has 2 aromatic rings. The van der Waals surface area contributed by atoms with Crippen molar-refractivity contribution in [2.24, 2.45) is 0 Å². The van der Waals surface area contributed by atoms with Gasteiger partial charge >= 0.3 is 0 Å². The molecule has 88 valence electrons. The Bertz CT molecular complexity index is 544. The highest BCUT2D eigenvalue weighted by Crippen LogP contribution is 2.20. The SMILES string of the molecule is O=Cc1cc(F)ccc1NCc1cnc(Cl)s1. The Morgan fingerprint density at radius 2 is 2.35 bits per heavy atom. The number of nitrogens with zero attached hydrogens (tertiary/aromatic N) is 1. The molecule has 1 heterocycles. The number of hydrogen-bond donors (Lipinski definition) is 1. The molecule has 0 aliphatic rings. The number of hydrogen-bond acceptors (Lipinski definition) is 4. The van der Waals surface area contributed by atoms with Crippen molar-refractivity contribution >= 4 is 34.9 Å². The highest BCUT2D eigenvalue weighted by atomic mass is 35.5. The Kier molecular flexibility index (Phi) is 3.71. The van der Waals surface area contributed by atoms with Crippen LogP contribution in [0.2, 0.25) is 4.47 Å². The maximum absolute atomic E-state index is 12.9. The topological polar surface area (TPSA) is 42.0 Å². The van der Waals surface area contributed by atoms with Crippen LogP contribution in [0, 0.1) is 5.82 Å². The lowest BCUT2D eigenvalue weighted by atomic mass is 10.2. The minimum Gasteiger partial charge on any atom is -0.380 e. The predicted molar refractivity (Wildman–Crippen MR) is 66.2 cm³/mol. The second-order valence-corrected chi connectivity index (χ2v) is 4.98. The van der Waals surface area contributed by atoms with E-state index in [9.17, 15) is 9.18 Å². The molecule has 6 heteroatoms. The Hall–Kier alpha value is -1.46. The standard InChI is InChI=1S/C11H8ClFN2OS/c12-11-15-5-9(17-11)4-14-10-2-1-8(13)3-7(10)6-16/h1-3,5-6,14H,4H2. The van der Waals surface area contributed by atoms with Crippen LogP contribution in [0.1, 0.15) is 15.2 Å². The van der Waals surface area contributed by atoms with Gasteiger partial charge in [0.05, 0.1) is 6.54 Å². The van der Waals surface area contributed by atoms with E-state index in [1.165, 1.54) is 29.5 Å². The number of aromatic nitrogens is 1. The van der Waals surface area contributed by atoms with Gasteiger partial charge in [-0.3, -0.25) is 4.79 Å². The quantitative estimate of drug-likeness (QED) is 0.866. The fourth-order valence-corrected chi connectivity index (χ4v) is 2.26. The van der Waals surface area contributed by atoms with Crippen LogP contribution in [0.25, 0.3) is 0 Å². The summed E-state index contributed by atoms with van der Waals surface area (Å²) in [5.74, 6) is -0.432. The Balaban J connectivity index is 2.11. The molecule has 1 N–H and O–H groups in total. The largest absolute Gasteiger partial charge is 0.380 e. The molecule has 0 spiro atoms. The predicted octanol–water partition coefficient (Wildman–Crippen LogP) is 3.36. The average Bonchev–Trinajstić information content (AvgIpc) is 2.73. The van der Waals surface area contributed by atoms with Crippen LogP contribution in [0.3, 0.4) is 0 Å². The Morgan fingerprint density at radius 1 is 1.53 bits per heavy atom. The summed E-state index contributed by atoms with van der Waals surface area (Å²) >= 11 is 7.05. The highest BCUT2D eigenvalue weighted by molar-refractivity contribution is 7.15. The van der Waals surface area contributed by atoms with E-state index in [4.69, 9.17) is 11.6 Å². The molecule has 0 atom stereocenters. The summed E-state index contributed by atoms with van der Waals surface area (Å²) in [4.78, 5) is 15.6. The van der Waals surface area contributed by atoms with Crippen LogP contribution in [0.15, 0.2) is 24.4 Å². The molecule has 2 rings (SSSR count). The van der Waals surface area contributed by atoms with Crippen molar-refractivity contribution in [3.63, 3.8) is 0 Å². The van der Waals surface area contributed by atoms with Crippen LogP contribution in [0.5, 0.6) is 0 Å². The van der Waals surface area contributed by atoms with Gasteiger partial charge in [-0.2, -0.15) is 0 Å². The smallest absolute Gasteiger partial charge is 0.183 e. The van der Waals surface area contributed by atoms with E-state index in [0.29, 0.717) is 28.5 Å². The second kappa shape index (κ2) is 5.25. The lowest BCUT2D eigenvalue weighted by Gasteiger charge is -2.07. The van der Waals surface area contributed by atoms with Gasteiger partial charge in [-0.05, 0) is 18.2 Å². The van der Waals surface area contributed by atoms with Crippen LogP contribution in [-0.2, 0) is 6.54 Å². The van der Waals surface area contributed by atoms with Gasteiger partial charge in [0.25, 0.3) is 0 Å². The minimum atomic E-state index is -0.432. The zero-order valence-corrected chi connectivity index (χ0v) is 10.2. The third-order valence-corrected chi connectivity index (χ3v) is 3.23. The lowest BCUT2D eigenvalue weighted by molar-refractivity contribution is 0.112. The molecular formula is C11H8ClFN2OS. The van der Waals surface area contributed by atoms with Gasteiger partial charge in [0.15, 0.2) is 10.8 Å². The summed E-state index contributed by atoms with van der Waals surface area (Å²) < 4.78 is 13.4. The van der Waals surface area contributed by atoms with Crippen molar-refractivity contribution in [1.29, 1.82) is 0 Å². The number of anilines is 1. The first-order chi connectivity index (χ1) is 8.19. The normalized spacial score (nSPS) is 10.2. The summed E-state index contributed by atoms with van der Waals surface area (Å²) in [6.07, 6.45) is 2.27. The van der Waals surface area contributed by atoms with Crippen molar-refractivity contribution in [3.8, 4) is 0 Å². The molecule has 17 heavy (non-hydrogen) atoms. The van der Waals surface area contributed by atoms with Crippen molar-refractivity contribution in [2.45, 2.75) is 6.54 Å². The number of carbonyl (C=O) groups is 1. The van der Waals surface area contributed by atoms with Gasteiger partial charge in [0, 0.05) is 22.3 Å². The van der Waals surface area contributed by atoms with Crippen molar-refractivity contribution in [1.82, 2.24) is 4.98 Å². The number of nitrogens with one attached hydrogen (secondary N) is 1. The number of aldehydes is 1. The molecule has 0 fully saturated rings. The third kappa shape index (κ3) is 3.01.